The third-order valence-corrected chi connectivity index (χ3v) is 7.30. The Balaban J connectivity index is 1.31. The Morgan fingerprint density at radius 3 is 2.85 bits per heavy atom. The Kier molecular flexibility index (Phi) is 6.55. The highest BCUT2D eigenvalue weighted by Crippen LogP contribution is 2.35. The number of ether oxygens (including phenoxy) is 1. The highest BCUT2D eigenvalue weighted by Gasteiger charge is 2.32. The molecule has 3 N–H and O–H groups in total. The highest BCUT2D eigenvalue weighted by molar-refractivity contribution is 5.96. The van der Waals surface area contributed by atoms with Crippen LogP contribution in [0.1, 0.15) is 54.1 Å². The van der Waals surface area contributed by atoms with E-state index in [-0.39, 0.29) is 29.6 Å². The van der Waals surface area contributed by atoms with Crippen LogP contribution in [-0.4, -0.2) is 36.1 Å². The molecule has 180 valence electrons. The maximum Gasteiger partial charge on any atom is 0.251 e. The van der Waals surface area contributed by atoms with Crippen LogP contribution < -0.4 is 15.4 Å². The van der Waals surface area contributed by atoms with E-state index in [1.54, 1.807) is 18.2 Å². The fourth-order valence-electron chi connectivity index (χ4n) is 5.29. The van der Waals surface area contributed by atoms with E-state index in [2.05, 4.69) is 15.6 Å². The van der Waals surface area contributed by atoms with Crippen LogP contribution in [0.3, 0.4) is 0 Å². The third-order valence-electron chi connectivity index (χ3n) is 7.30. The molecule has 2 atom stereocenters. The van der Waals surface area contributed by atoms with Crippen molar-refractivity contribution in [3.8, 4) is 5.75 Å². The molecular weight excluding hydrogens is 436 g/mol. The molecule has 7 heteroatoms. The quantitative estimate of drug-likeness (QED) is 0.442. The van der Waals surface area contributed by atoms with Crippen LogP contribution in [0.15, 0.2) is 36.5 Å². The van der Waals surface area contributed by atoms with Crippen molar-refractivity contribution in [2.75, 3.05) is 13.2 Å². The van der Waals surface area contributed by atoms with Gasteiger partial charge < -0.3 is 20.4 Å². The van der Waals surface area contributed by atoms with Gasteiger partial charge in [0.15, 0.2) is 11.6 Å². The smallest absolute Gasteiger partial charge is 0.251 e. The zero-order valence-corrected chi connectivity index (χ0v) is 19.4. The highest BCUT2D eigenvalue weighted by atomic mass is 19.1. The number of aromatic nitrogens is 1. The number of hydrogen-bond donors (Lipinski definition) is 3. The average molecular weight is 468 g/mol. The fourth-order valence-corrected chi connectivity index (χ4v) is 5.29. The van der Waals surface area contributed by atoms with Gasteiger partial charge in [-0.2, -0.15) is 0 Å². The van der Waals surface area contributed by atoms with Crippen molar-refractivity contribution >= 4 is 16.8 Å². The lowest BCUT2D eigenvalue weighted by Gasteiger charge is -2.38. The molecule has 0 radical (unpaired) electrons. The molecule has 5 rings (SSSR count). The largest absolute Gasteiger partial charge is 0.489 e. The van der Waals surface area contributed by atoms with Crippen LogP contribution in [0.25, 0.3) is 10.9 Å². The van der Waals surface area contributed by atoms with Crippen molar-refractivity contribution in [1.29, 1.82) is 0 Å². The second-order valence-corrected chi connectivity index (χ2v) is 9.48. The van der Waals surface area contributed by atoms with Gasteiger partial charge in [0, 0.05) is 46.9 Å². The van der Waals surface area contributed by atoms with E-state index < -0.39 is 5.82 Å². The summed E-state index contributed by atoms with van der Waals surface area (Å²) in [4.78, 5) is 15.8. The molecule has 1 aliphatic heterocycles. The number of hydrogen-bond acceptors (Lipinski definition) is 3. The molecule has 1 aliphatic carbocycles. The SMILES string of the molecule is CCNC(=O)c1ccc(F)c2c1CC(NC(CCc1c[nH]c3ccc(F)cc13)C1CCC1)CO2. The molecule has 1 aromatic heterocycles. The van der Waals surface area contributed by atoms with Gasteiger partial charge in [-0.3, -0.25) is 4.79 Å². The fraction of sp³-hybridized carbons (Fsp3) is 0.444. The van der Waals surface area contributed by atoms with Crippen molar-refractivity contribution in [3.63, 3.8) is 0 Å². The number of aryl methyl sites for hydroxylation is 1. The molecule has 1 fully saturated rings. The lowest BCUT2D eigenvalue weighted by molar-refractivity contribution is 0.0952. The Labute approximate surface area is 198 Å². The van der Waals surface area contributed by atoms with Crippen LogP contribution in [0, 0.1) is 17.6 Å². The van der Waals surface area contributed by atoms with Gasteiger partial charge in [-0.15, -0.1) is 0 Å². The summed E-state index contributed by atoms with van der Waals surface area (Å²) in [6, 6.07) is 7.97. The van der Waals surface area contributed by atoms with E-state index in [0.29, 0.717) is 36.6 Å². The number of amides is 1. The van der Waals surface area contributed by atoms with Gasteiger partial charge in [-0.05, 0) is 80.8 Å². The van der Waals surface area contributed by atoms with Gasteiger partial charge in [-0.25, -0.2) is 8.78 Å². The number of aromatic amines is 1. The number of halogens is 2. The second kappa shape index (κ2) is 9.74. The number of carbonyl (C=O) groups excluding carboxylic acids is 1. The first-order chi connectivity index (χ1) is 16.5. The molecule has 0 bridgehead atoms. The summed E-state index contributed by atoms with van der Waals surface area (Å²) in [6.45, 7) is 2.74. The molecule has 2 unspecified atom stereocenters. The maximum atomic E-state index is 14.4. The molecule has 1 amide bonds. The molecule has 34 heavy (non-hydrogen) atoms. The first kappa shape index (κ1) is 22.8. The first-order valence-corrected chi connectivity index (χ1v) is 12.3. The van der Waals surface area contributed by atoms with E-state index in [1.807, 2.05) is 13.1 Å². The second-order valence-electron chi connectivity index (χ2n) is 9.48. The Hall–Kier alpha value is -2.93. The molecule has 5 nitrogen and oxygen atoms in total. The third kappa shape index (κ3) is 4.53. The maximum absolute atomic E-state index is 14.4. The zero-order chi connectivity index (χ0) is 23.7. The van der Waals surface area contributed by atoms with Crippen LogP contribution >= 0.6 is 0 Å². The summed E-state index contributed by atoms with van der Waals surface area (Å²) in [5.74, 6) is -0.0783. The lowest BCUT2D eigenvalue weighted by atomic mass is 9.77. The molecule has 0 spiro atoms. The van der Waals surface area contributed by atoms with Crippen molar-refractivity contribution < 1.29 is 18.3 Å². The van der Waals surface area contributed by atoms with E-state index in [4.69, 9.17) is 4.74 Å². The van der Waals surface area contributed by atoms with Crippen molar-refractivity contribution in [2.24, 2.45) is 5.92 Å². The van der Waals surface area contributed by atoms with Crippen LogP contribution in [0.4, 0.5) is 8.78 Å². The molecular formula is C27H31F2N3O2. The van der Waals surface area contributed by atoms with Gasteiger partial charge in [-0.1, -0.05) is 6.42 Å². The summed E-state index contributed by atoms with van der Waals surface area (Å²) in [5.41, 5.74) is 3.17. The Bertz CT molecular complexity index is 1190. The summed E-state index contributed by atoms with van der Waals surface area (Å²) in [6.07, 6.45) is 7.87. The molecule has 2 aliphatic rings. The molecule has 0 saturated heterocycles. The Morgan fingerprint density at radius 2 is 2.09 bits per heavy atom. The summed E-state index contributed by atoms with van der Waals surface area (Å²) in [5, 5.41) is 7.52. The molecule has 3 aromatic rings. The predicted molar refractivity (Wildman–Crippen MR) is 128 cm³/mol. The van der Waals surface area contributed by atoms with E-state index in [1.165, 1.54) is 31.4 Å². The van der Waals surface area contributed by atoms with E-state index in [0.717, 1.165) is 29.3 Å². The van der Waals surface area contributed by atoms with Gasteiger partial charge >= 0.3 is 0 Å². The average Bonchev–Trinajstić information content (AvgIpc) is 3.18. The number of H-pyrrole nitrogens is 1. The van der Waals surface area contributed by atoms with Crippen LogP contribution in [0.5, 0.6) is 5.75 Å². The minimum absolute atomic E-state index is 0.00603. The Morgan fingerprint density at radius 1 is 1.24 bits per heavy atom. The lowest BCUT2D eigenvalue weighted by Crippen LogP contribution is -2.50. The molecule has 1 saturated carbocycles. The number of carbonyl (C=O) groups is 1. The van der Waals surface area contributed by atoms with Crippen LogP contribution in [-0.2, 0) is 12.8 Å². The minimum Gasteiger partial charge on any atom is -0.489 e. The predicted octanol–water partition coefficient (Wildman–Crippen LogP) is 4.89. The number of nitrogens with one attached hydrogen (secondary N) is 3. The van der Waals surface area contributed by atoms with Gasteiger partial charge in [0.05, 0.1) is 0 Å². The monoisotopic (exact) mass is 467 g/mol. The number of fused-ring (bicyclic) bond motifs is 2. The van der Waals surface area contributed by atoms with Gasteiger partial charge in [0.2, 0.25) is 0 Å². The van der Waals surface area contributed by atoms with Crippen molar-refractivity contribution in [2.45, 2.75) is 57.5 Å². The summed E-state index contributed by atoms with van der Waals surface area (Å²) >= 11 is 0. The standard InChI is InChI=1S/C27H31F2N3O2/c1-2-30-27(33)20-8-9-23(29)26-22(20)13-19(15-34-26)32-24(16-4-3-5-16)10-6-17-14-31-25-11-7-18(28)12-21(17)25/h7-9,11-12,14,16,19,24,31-32H,2-6,10,13,15H2,1H3,(H,30,33). The summed E-state index contributed by atoms with van der Waals surface area (Å²) < 4.78 is 34.0. The first-order valence-electron chi connectivity index (χ1n) is 12.3. The van der Waals surface area contributed by atoms with Gasteiger partial charge in [0.1, 0.15) is 12.4 Å². The van der Waals surface area contributed by atoms with Gasteiger partial charge in [0.25, 0.3) is 5.91 Å². The summed E-state index contributed by atoms with van der Waals surface area (Å²) in [7, 11) is 0. The molecule has 2 heterocycles. The number of rotatable bonds is 8. The number of benzene rings is 2. The van der Waals surface area contributed by atoms with Crippen molar-refractivity contribution in [3.05, 3.63) is 64.9 Å². The minimum atomic E-state index is -0.427. The van der Waals surface area contributed by atoms with Crippen LogP contribution in [0.2, 0.25) is 0 Å². The molecule has 2 aromatic carbocycles. The van der Waals surface area contributed by atoms with E-state index in [9.17, 15) is 13.6 Å². The van der Waals surface area contributed by atoms with Crippen molar-refractivity contribution in [1.82, 2.24) is 15.6 Å². The van der Waals surface area contributed by atoms with E-state index >= 15 is 0 Å². The normalized spacial score (nSPS) is 18.7. The topological polar surface area (TPSA) is 66.2 Å². The zero-order valence-electron chi connectivity index (χ0n) is 19.4.